The smallest absolute Gasteiger partial charge is 0.321 e. The average molecular weight is 332 g/mol. The van der Waals surface area contributed by atoms with Crippen molar-refractivity contribution in [3.05, 3.63) is 45.7 Å². The van der Waals surface area contributed by atoms with Crippen molar-refractivity contribution in [3.63, 3.8) is 0 Å². The molecule has 0 aliphatic rings. The minimum atomic E-state index is -0.932. The number of halogens is 2. The maximum absolute atomic E-state index is 11.2. The van der Waals surface area contributed by atoms with Crippen LogP contribution in [0.25, 0.3) is 0 Å². The molecule has 0 spiro atoms. The lowest BCUT2D eigenvalue weighted by Crippen LogP contribution is -2.38. The molecule has 0 radical (unpaired) electrons. The largest absolute Gasteiger partial charge is 0.480 e. The molecular formula is C12H11Cl2N3O2S. The summed E-state index contributed by atoms with van der Waals surface area (Å²) in [6.07, 6.45) is 1.86. The molecule has 1 aromatic carbocycles. The fourth-order valence-electron chi connectivity index (χ4n) is 1.62. The van der Waals surface area contributed by atoms with Crippen LogP contribution < -0.4 is 5.32 Å². The van der Waals surface area contributed by atoms with Gasteiger partial charge in [-0.1, -0.05) is 29.3 Å². The SMILES string of the molecule is O=C(O)C(Cc1cnsn1)NCc1ccc(Cl)c(Cl)c1. The van der Waals surface area contributed by atoms with E-state index in [2.05, 4.69) is 14.1 Å². The molecule has 5 nitrogen and oxygen atoms in total. The van der Waals surface area contributed by atoms with Gasteiger partial charge in [-0.05, 0) is 17.7 Å². The molecule has 2 rings (SSSR count). The van der Waals surface area contributed by atoms with Gasteiger partial charge < -0.3 is 5.11 Å². The van der Waals surface area contributed by atoms with Crippen LogP contribution in [0.1, 0.15) is 11.3 Å². The predicted octanol–water partition coefficient (Wildman–Crippen LogP) is 2.63. The van der Waals surface area contributed by atoms with Crippen LogP contribution in [0.5, 0.6) is 0 Å². The fourth-order valence-corrected chi connectivity index (χ4v) is 2.38. The predicted molar refractivity (Wildman–Crippen MR) is 78.3 cm³/mol. The minimum Gasteiger partial charge on any atom is -0.480 e. The normalized spacial score (nSPS) is 12.3. The number of benzene rings is 1. The second kappa shape index (κ2) is 6.99. The van der Waals surface area contributed by atoms with Gasteiger partial charge in [-0.2, -0.15) is 8.75 Å². The molecule has 0 saturated heterocycles. The molecule has 0 aliphatic heterocycles. The van der Waals surface area contributed by atoms with E-state index in [1.807, 2.05) is 0 Å². The van der Waals surface area contributed by atoms with Gasteiger partial charge in [0.05, 0.1) is 33.7 Å². The van der Waals surface area contributed by atoms with E-state index in [0.29, 0.717) is 22.3 Å². The number of aromatic nitrogens is 2. The first-order valence-corrected chi connectivity index (χ1v) is 7.21. The Balaban J connectivity index is 1.98. The number of rotatable bonds is 6. The number of nitrogens with zero attached hydrogens (tertiary/aromatic N) is 2. The Kier molecular flexibility index (Phi) is 5.31. The van der Waals surface area contributed by atoms with Crippen LogP contribution >= 0.6 is 34.9 Å². The number of carboxylic acids is 1. The minimum absolute atomic E-state index is 0.285. The maximum atomic E-state index is 11.2. The van der Waals surface area contributed by atoms with Crippen molar-refractivity contribution in [2.45, 2.75) is 19.0 Å². The quantitative estimate of drug-likeness (QED) is 0.851. The third-order valence-electron chi connectivity index (χ3n) is 2.65. The summed E-state index contributed by atoms with van der Waals surface area (Å²) in [4.78, 5) is 11.2. The van der Waals surface area contributed by atoms with E-state index >= 15 is 0 Å². The van der Waals surface area contributed by atoms with Crippen LogP contribution in [0.15, 0.2) is 24.4 Å². The number of aliphatic carboxylic acids is 1. The molecule has 1 aromatic heterocycles. The Labute approximate surface area is 129 Å². The highest BCUT2D eigenvalue weighted by atomic mass is 35.5. The first-order valence-electron chi connectivity index (χ1n) is 5.73. The molecule has 1 heterocycles. The van der Waals surface area contributed by atoms with Crippen molar-refractivity contribution in [1.82, 2.24) is 14.1 Å². The zero-order chi connectivity index (χ0) is 14.5. The second-order valence-corrected chi connectivity index (χ2v) is 5.49. The molecular weight excluding hydrogens is 321 g/mol. The van der Waals surface area contributed by atoms with E-state index in [9.17, 15) is 9.90 Å². The molecule has 0 saturated carbocycles. The van der Waals surface area contributed by atoms with Crippen molar-refractivity contribution in [3.8, 4) is 0 Å². The molecule has 2 N–H and O–H groups in total. The van der Waals surface area contributed by atoms with Crippen molar-refractivity contribution < 1.29 is 9.90 Å². The highest BCUT2D eigenvalue weighted by Gasteiger charge is 2.18. The molecule has 1 unspecified atom stereocenters. The van der Waals surface area contributed by atoms with Gasteiger partial charge in [0.15, 0.2) is 0 Å². The summed E-state index contributed by atoms with van der Waals surface area (Å²) >= 11 is 12.8. The van der Waals surface area contributed by atoms with E-state index in [4.69, 9.17) is 23.2 Å². The summed E-state index contributed by atoms with van der Waals surface area (Å²) in [7, 11) is 0. The van der Waals surface area contributed by atoms with Gasteiger partial charge in [-0.15, -0.1) is 0 Å². The second-order valence-electron chi connectivity index (χ2n) is 4.12. The van der Waals surface area contributed by atoms with Gasteiger partial charge in [-0.3, -0.25) is 10.1 Å². The zero-order valence-corrected chi connectivity index (χ0v) is 12.5. The molecule has 0 aliphatic carbocycles. The van der Waals surface area contributed by atoms with E-state index in [1.54, 1.807) is 24.4 Å². The van der Waals surface area contributed by atoms with Gasteiger partial charge >= 0.3 is 5.97 Å². The summed E-state index contributed by atoms with van der Waals surface area (Å²) in [5.74, 6) is -0.932. The summed E-state index contributed by atoms with van der Waals surface area (Å²) in [6, 6.07) is 4.46. The Hall–Kier alpha value is -1.21. The Morgan fingerprint density at radius 3 is 2.80 bits per heavy atom. The lowest BCUT2D eigenvalue weighted by molar-refractivity contribution is -0.139. The Bertz CT molecular complexity index is 592. The van der Waals surface area contributed by atoms with Gasteiger partial charge in [0.2, 0.25) is 0 Å². The van der Waals surface area contributed by atoms with Crippen molar-refractivity contribution in [2.24, 2.45) is 0 Å². The monoisotopic (exact) mass is 331 g/mol. The lowest BCUT2D eigenvalue weighted by Gasteiger charge is -2.13. The molecule has 106 valence electrons. The topological polar surface area (TPSA) is 75.1 Å². The van der Waals surface area contributed by atoms with E-state index < -0.39 is 12.0 Å². The van der Waals surface area contributed by atoms with Crippen LogP contribution in [0, 0.1) is 0 Å². The van der Waals surface area contributed by atoms with Crippen LogP contribution in [-0.4, -0.2) is 25.9 Å². The number of carbonyl (C=O) groups is 1. The molecule has 1 atom stereocenters. The number of hydrogen-bond donors (Lipinski definition) is 2. The number of carboxylic acid groups (broad SMARTS) is 1. The third-order valence-corrected chi connectivity index (χ3v) is 3.91. The average Bonchev–Trinajstić information content (AvgIpc) is 2.91. The van der Waals surface area contributed by atoms with Crippen molar-refractivity contribution >= 4 is 40.9 Å². The summed E-state index contributed by atoms with van der Waals surface area (Å²) in [6.45, 7) is 0.380. The van der Waals surface area contributed by atoms with Crippen LogP contribution in [0.2, 0.25) is 10.0 Å². The van der Waals surface area contributed by atoms with Gasteiger partial charge in [0.1, 0.15) is 6.04 Å². The summed E-state index contributed by atoms with van der Waals surface area (Å²) in [5.41, 5.74) is 1.52. The van der Waals surface area contributed by atoms with Crippen molar-refractivity contribution in [2.75, 3.05) is 0 Å². The first kappa shape index (κ1) is 15.2. The zero-order valence-electron chi connectivity index (χ0n) is 10.2. The van der Waals surface area contributed by atoms with Crippen LogP contribution in [0.4, 0.5) is 0 Å². The van der Waals surface area contributed by atoms with Gasteiger partial charge in [-0.25, -0.2) is 0 Å². The number of hydrogen-bond acceptors (Lipinski definition) is 5. The molecule has 8 heteroatoms. The lowest BCUT2D eigenvalue weighted by atomic mass is 10.1. The Morgan fingerprint density at radius 1 is 1.40 bits per heavy atom. The van der Waals surface area contributed by atoms with Crippen LogP contribution in [-0.2, 0) is 17.8 Å². The van der Waals surface area contributed by atoms with E-state index in [1.165, 1.54) is 0 Å². The standard InChI is InChI=1S/C12H11Cl2N3O2S/c13-9-2-1-7(3-10(9)14)5-15-11(12(18)19)4-8-6-16-20-17-8/h1-3,6,11,15H,4-5H2,(H,18,19). The summed E-state index contributed by atoms with van der Waals surface area (Å²) < 4.78 is 7.86. The van der Waals surface area contributed by atoms with E-state index in [-0.39, 0.29) is 6.42 Å². The first-order chi connectivity index (χ1) is 9.56. The van der Waals surface area contributed by atoms with Crippen LogP contribution in [0.3, 0.4) is 0 Å². The third kappa shape index (κ3) is 4.14. The molecule has 0 fully saturated rings. The van der Waals surface area contributed by atoms with Crippen molar-refractivity contribution in [1.29, 1.82) is 0 Å². The molecule has 0 amide bonds. The molecule has 20 heavy (non-hydrogen) atoms. The van der Waals surface area contributed by atoms with Gasteiger partial charge in [0.25, 0.3) is 0 Å². The van der Waals surface area contributed by atoms with Gasteiger partial charge in [0, 0.05) is 13.0 Å². The molecule has 2 aromatic rings. The van der Waals surface area contributed by atoms with E-state index in [0.717, 1.165) is 17.3 Å². The highest BCUT2D eigenvalue weighted by Crippen LogP contribution is 2.22. The highest BCUT2D eigenvalue weighted by molar-refractivity contribution is 6.99. The number of nitrogens with one attached hydrogen (secondary N) is 1. The maximum Gasteiger partial charge on any atom is 0.321 e. The fraction of sp³-hybridized carbons (Fsp3) is 0.250. The Morgan fingerprint density at radius 2 is 2.20 bits per heavy atom. The summed E-state index contributed by atoms with van der Waals surface area (Å²) in [5, 5.41) is 13.1. The molecule has 0 bridgehead atoms.